The van der Waals surface area contributed by atoms with Gasteiger partial charge in [-0.25, -0.2) is 4.98 Å². The van der Waals surface area contributed by atoms with Gasteiger partial charge in [-0.15, -0.1) is 0 Å². The highest BCUT2D eigenvalue weighted by atomic mass is 16.3. The maximum atomic E-state index is 7.88. The van der Waals surface area contributed by atoms with Gasteiger partial charge in [0.15, 0.2) is 5.58 Å². The van der Waals surface area contributed by atoms with Crippen LogP contribution >= 0.6 is 0 Å². The quantitative estimate of drug-likeness (QED) is 0.649. The fourth-order valence-corrected chi connectivity index (χ4v) is 4.11. The van der Waals surface area contributed by atoms with E-state index in [0.29, 0.717) is 17.1 Å². The highest BCUT2D eigenvalue weighted by molar-refractivity contribution is 6.10. The van der Waals surface area contributed by atoms with Crippen LogP contribution in [-0.2, 0) is 0 Å². The van der Waals surface area contributed by atoms with Crippen LogP contribution in [0.15, 0.2) is 41.5 Å². The molecule has 2 atom stereocenters. The van der Waals surface area contributed by atoms with E-state index in [4.69, 9.17) is 8.53 Å². The topological polar surface area (TPSA) is 51.9 Å². The molecule has 29 heavy (non-hydrogen) atoms. The van der Waals surface area contributed by atoms with Gasteiger partial charge in [-0.2, -0.15) is 4.98 Å². The molecular formula is C22H26N6O. The number of fused-ring (bicyclic) bond motifs is 3. The summed E-state index contributed by atoms with van der Waals surface area (Å²) in [5.74, 6) is 0.635. The molecule has 7 nitrogen and oxygen atoms in total. The van der Waals surface area contributed by atoms with Crippen molar-refractivity contribution in [1.82, 2.24) is 19.8 Å². The maximum absolute atomic E-state index is 7.88. The van der Waals surface area contributed by atoms with Gasteiger partial charge in [-0.3, -0.25) is 0 Å². The largest absolute Gasteiger partial charge is 0.435 e. The van der Waals surface area contributed by atoms with Gasteiger partial charge in [-0.1, -0.05) is 0 Å². The lowest BCUT2D eigenvalue weighted by molar-refractivity contribution is 0.381. The Morgan fingerprint density at radius 3 is 2.41 bits per heavy atom. The van der Waals surface area contributed by atoms with Crippen molar-refractivity contribution in [3.8, 4) is 0 Å². The van der Waals surface area contributed by atoms with Gasteiger partial charge in [0.25, 0.3) is 0 Å². The van der Waals surface area contributed by atoms with Gasteiger partial charge >= 0.3 is 0 Å². The Balaban J connectivity index is 1.77. The third-order valence-electron chi connectivity index (χ3n) is 6.03. The lowest BCUT2D eigenvalue weighted by Gasteiger charge is -2.32. The Morgan fingerprint density at radius 2 is 1.72 bits per heavy atom. The van der Waals surface area contributed by atoms with Crippen molar-refractivity contribution in [2.45, 2.75) is 40.0 Å². The van der Waals surface area contributed by atoms with Crippen LogP contribution in [0.4, 0.5) is 11.4 Å². The summed E-state index contributed by atoms with van der Waals surface area (Å²) in [6.07, 6.45) is 9.05. The number of rotatable bonds is 2. The van der Waals surface area contributed by atoms with E-state index in [2.05, 4.69) is 39.0 Å². The van der Waals surface area contributed by atoms with E-state index in [0.717, 1.165) is 27.7 Å². The van der Waals surface area contributed by atoms with E-state index in [1.165, 1.54) is 4.90 Å². The molecule has 150 valence electrons. The zero-order chi connectivity index (χ0) is 22.9. The van der Waals surface area contributed by atoms with Crippen LogP contribution in [0.5, 0.6) is 0 Å². The van der Waals surface area contributed by atoms with E-state index in [9.17, 15) is 0 Å². The minimum absolute atomic E-state index is 0.140. The molecule has 0 saturated carbocycles. The van der Waals surface area contributed by atoms with Crippen molar-refractivity contribution < 1.29 is 8.53 Å². The van der Waals surface area contributed by atoms with Crippen LogP contribution in [0.2, 0.25) is 0 Å². The third-order valence-corrected chi connectivity index (χ3v) is 6.03. The lowest BCUT2D eigenvalue weighted by atomic mass is 10.0. The predicted molar refractivity (Wildman–Crippen MR) is 116 cm³/mol. The van der Waals surface area contributed by atoms with Gasteiger partial charge in [-0.05, 0) is 33.8 Å². The first-order valence-electron chi connectivity index (χ1n) is 11.2. The monoisotopic (exact) mass is 393 g/mol. The van der Waals surface area contributed by atoms with Crippen molar-refractivity contribution in [1.29, 1.82) is 0 Å². The summed E-state index contributed by atoms with van der Waals surface area (Å²) in [5.41, 5.74) is 4.05. The fourth-order valence-electron chi connectivity index (χ4n) is 4.11. The summed E-state index contributed by atoms with van der Waals surface area (Å²) < 4.78 is 29.9. The minimum atomic E-state index is -2.24. The van der Waals surface area contributed by atoms with Gasteiger partial charge in [0.05, 0.1) is 11.1 Å². The summed E-state index contributed by atoms with van der Waals surface area (Å²) in [4.78, 5) is 16.5. The van der Waals surface area contributed by atoms with Crippen molar-refractivity contribution in [3.63, 3.8) is 0 Å². The predicted octanol–water partition coefficient (Wildman–Crippen LogP) is 4.13. The van der Waals surface area contributed by atoms with Crippen molar-refractivity contribution in [3.05, 3.63) is 48.5 Å². The molecule has 0 aliphatic carbocycles. The molecule has 7 heteroatoms. The van der Waals surface area contributed by atoms with Crippen molar-refractivity contribution >= 4 is 33.4 Å². The van der Waals surface area contributed by atoms with E-state index in [1.54, 1.807) is 12.4 Å². The molecule has 3 aromatic rings. The smallest absolute Gasteiger partial charge is 0.230 e. The maximum Gasteiger partial charge on any atom is 0.230 e. The Morgan fingerprint density at radius 1 is 1.00 bits per heavy atom. The normalized spacial score (nSPS) is 23.6. The number of hydrogen-bond acceptors (Lipinski definition) is 7. The third kappa shape index (κ3) is 2.50. The standard InChI is InChI=1S/C22H26N6O/c1-13-19(27-9-7-25(5)15(27)3)11-17-18-12-23-14(2)24-22(18)29-21(17)20(13)28-10-8-26(6)16(28)4/h7-12,15-16H,1-6H3/t15-,16+/m1/s1/i6D3. The lowest BCUT2D eigenvalue weighted by Crippen LogP contribution is -2.35. The van der Waals surface area contributed by atoms with Gasteiger partial charge in [0.1, 0.15) is 18.2 Å². The second-order valence-corrected chi connectivity index (χ2v) is 7.73. The van der Waals surface area contributed by atoms with Crippen LogP contribution in [0.25, 0.3) is 22.1 Å². The van der Waals surface area contributed by atoms with Crippen LogP contribution < -0.4 is 9.80 Å². The van der Waals surface area contributed by atoms with E-state index in [1.807, 2.05) is 45.1 Å². The van der Waals surface area contributed by atoms with E-state index >= 15 is 0 Å². The number of aromatic nitrogens is 2. The molecule has 1 aromatic carbocycles. The molecule has 2 aliphatic heterocycles. The van der Waals surface area contributed by atoms with E-state index < -0.39 is 13.1 Å². The summed E-state index contributed by atoms with van der Waals surface area (Å²) in [6.45, 7) is 5.66. The molecule has 0 spiro atoms. The first-order chi connectivity index (χ1) is 15.1. The highest BCUT2D eigenvalue weighted by Crippen LogP contribution is 2.44. The second kappa shape index (κ2) is 6.14. The first-order valence-corrected chi connectivity index (χ1v) is 9.71. The number of anilines is 2. The average Bonchev–Trinajstić information content (AvgIpc) is 3.37. The molecule has 2 aliphatic rings. The van der Waals surface area contributed by atoms with Gasteiger partial charge in [0, 0.05) is 65.8 Å². The van der Waals surface area contributed by atoms with E-state index in [-0.39, 0.29) is 6.17 Å². The van der Waals surface area contributed by atoms with Crippen LogP contribution in [0.1, 0.15) is 29.3 Å². The fraction of sp³-hybridized carbons (Fsp3) is 0.364. The molecular weight excluding hydrogens is 364 g/mol. The summed E-state index contributed by atoms with van der Waals surface area (Å²) >= 11 is 0. The van der Waals surface area contributed by atoms with Crippen LogP contribution in [0.3, 0.4) is 0 Å². The highest BCUT2D eigenvalue weighted by Gasteiger charge is 2.30. The van der Waals surface area contributed by atoms with Crippen LogP contribution in [-0.4, -0.2) is 46.1 Å². The average molecular weight is 394 g/mol. The Bertz CT molecular complexity index is 1280. The Kier molecular flexibility index (Phi) is 3.12. The Hall–Kier alpha value is -3.22. The number of hydrogen-bond donors (Lipinski definition) is 0. The summed E-state index contributed by atoms with van der Waals surface area (Å²) in [7, 11) is 2.04. The molecule has 0 fully saturated rings. The van der Waals surface area contributed by atoms with Crippen LogP contribution in [0, 0.1) is 13.8 Å². The molecule has 4 heterocycles. The number of furan rings is 1. The minimum Gasteiger partial charge on any atom is -0.435 e. The molecule has 0 radical (unpaired) electrons. The zero-order valence-electron chi connectivity index (χ0n) is 20.2. The molecule has 0 amide bonds. The summed E-state index contributed by atoms with van der Waals surface area (Å²) in [6, 6.07) is 2.12. The van der Waals surface area contributed by atoms with Gasteiger partial charge < -0.3 is 24.0 Å². The number of aryl methyl sites for hydroxylation is 1. The van der Waals surface area contributed by atoms with Crippen molar-refractivity contribution in [2.24, 2.45) is 0 Å². The van der Waals surface area contributed by atoms with Crippen molar-refractivity contribution in [2.75, 3.05) is 23.8 Å². The molecule has 2 aromatic heterocycles. The zero-order valence-corrected chi connectivity index (χ0v) is 17.2. The molecule has 0 N–H and O–H groups in total. The SMILES string of the molecule is [2H]C([2H])([2H])N1C=CN(c2c(C)c(N3C=CN(C)[C@H]3C)cc3c2oc2nc(C)ncc23)[C@H]1C. The second-order valence-electron chi connectivity index (χ2n) is 7.73. The molecule has 0 unspecified atom stereocenters. The number of nitrogens with zero attached hydrogens (tertiary/aromatic N) is 6. The Labute approximate surface area is 174 Å². The number of benzene rings is 1. The molecule has 0 bridgehead atoms. The first kappa shape index (κ1) is 14.7. The summed E-state index contributed by atoms with van der Waals surface area (Å²) in [5, 5.41) is 1.74. The molecule has 5 rings (SSSR count). The molecule has 0 saturated heterocycles. The van der Waals surface area contributed by atoms with Gasteiger partial charge in [0.2, 0.25) is 5.71 Å².